The van der Waals surface area contributed by atoms with E-state index in [2.05, 4.69) is 81.4 Å². The maximum absolute atomic E-state index is 13.1. The summed E-state index contributed by atoms with van der Waals surface area (Å²) < 4.78 is 11.7. The van der Waals surface area contributed by atoms with Crippen molar-refractivity contribution >= 4 is 41.1 Å². The van der Waals surface area contributed by atoms with Gasteiger partial charge in [0, 0.05) is 72.2 Å². The Kier molecular flexibility index (Phi) is 22.3. The van der Waals surface area contributed by atoms with Crippen LogP contribution in [0.1, 0.15) is 207 Å². The van der Waals surface area contributed by atoms with Gasteiger partial charge < -0.3 is 49.5 Å². The first-order valence-electron chi connectivity index (χ1n) is 31.2. The Labute approximate surface area is 480 Å². The molecule has 3 fully saturated rings. The molecule has 3 saturated carbocycles. The van der Waals surface area contributed by atoms with Crippen LogP contribution >= 0.6 is 0 Å². The van der Waals surface area contributed by atoms with Crippen molar-refractivity contribution in [3.8, 4) is 0 Å². The van der Waals surface area contributed by atoms with Gasteiger partial charge in [0.1, 0.15) is 23.2 Å². The molecule has 0 unspecified atom stereocenters. The maximum Gasteiger partial charge on any atom is 0.407 e. The van der Waals surface area contributed by atoms with Crippen LogP contribution in [0.25, 0.3) is 0 Å². The van der Waals surface area contributed by atoms with E-state index >= 15 is 0 Å². The normalized spacial score (nSPS) is 23.8. The molecular weight excluding hydrogens is 1000 g/mol. The fourth-order valence-electron chi connectivity index (χ4n) is 15.2. The summed E-state index contributed by atoms with van der Waals surface area (Å²) in [5.41, 5.74) is 4.64. The van der Waals surface area contributed by atoms with Crippen molar-refractivity contribution in [3.63, 3.8) is 0 Å². The molecule has 444 valence electrons. The zero-order valence-corrected chi connectivity index (χ0v) is 51.0. The van der Waals surface area contributed by atoms with Crippen LogP contribution in [0, 0.1) is 46.3 Å². The number of aryl methyl sites for hydroxylation is 3. The van der Waals surface area contributed by atoms with Gasteiger partial charge in [0.05, 0.1) is 32.0 Å². The lowest BCUT2D eigenvalue weighted by Crippen LogP contribution is -2.51. The highest BCUT2D eigenvalue weighted by Gasteiger charge is 2.59. The lowest BCUT2D eigenvalue weighted by Gasteiger charge is -2.58. The predicted octanol–water partition coefficient (Wildman–Crippen LogP) is 12.6. The number of aromatic nitrogens is 3. The molecule has 3 aromatic rings. The molecule has 0 radical (unpaired) electrons. The summed E-state index contributed by atoms with van der Waals surface area (Å²) in [6.07, 6.45) is 33.2. The fourth-order valence-corrected chi connectivity index (χ4v) is 15.2. The van der Waals surface area contributed by atoms with E-state index in [0.717, 1.165) is 99.8 Å². The van der Waals surface area contributed by atoms with Gasteiger partial charge in [-0.1, -0.05) is 117 Å². The molecule has 0 aromatic carbocycles. The number of hydrogen-bond acceptors (Lipinski definition) is 6. The lowest BCUT2D eigenvalue weighted by molar-refractivity contribution is -0.882. The summed E-state index contributed by atoms with van der Waals surface area (Å²) in [4.78, 5) is 64.7. The number of quaternary nitrogens is 1. The van der Waals surface area contributed by atoms with Gasteiger partial charge in [-0.05, 0) is 128 Å². The highest BCUT2D eigenvalue weighted by atomic mass is 16.6. The Balaban J connectivity index is 0.665. The van der Waals surface area contributed by atoms with E-state index in [9.17, 15) is 24.0 Å². The van der Waals surface area contributed by atoms with E-state index in [-0.39, 0.29) is 41.2 Å². The number of hydrogen-bond donors (Lipinski definition) is 5. The molecule has 0 aliphatic heterocycles. The van der Waals surface area contributed by atoms with Crippen molar-refractivity contribution in [1.82, 2.24) is 29.7 Å². The highest BCUT2D eigenvalue weighted by Crippen LogP contribution is 2.67. The molecule has 5 amide bonds. The number of likely N-dealkylation sites (N-methyl/N-ethyl adjacent to an activating group) is 1. The third kappa shape index (κ3) is 16.5. The molecule has 80 heavy (non-hydrogen) atoms. The lowest BCUT2D eigenvalue weighted by atomic mass is 9.47. The molecule has 8 atom stereocenters. The van der Waals surface area contributed by atoms with E-state index < -0.39 is 0 Å². The van der Waals surface area contributed by atoms with Gasteiger partial charge >= 0.3 is 6.09 Å². The summed E-state index contributed by atoms with van der Waals surface area (Å²) in [6.45, 7) is 15.6. The van der Waals surface area contributed by atoms with Crippen molar-refractivity contribution < 1.29 is 33.2 Å². The molecule has 0 saturated heterocycles. The van der Waals surface area contributed by atoms with Gasteiger partial charge in [-0.15, -0.1) is 0 Å². The number of unbranched alkanes of at least 4 members (excludes halogenated alkanes) is 9. The number of amides is 5. The standard InChI is InChI=1S/C65H103N9O6/c1-46(2)24-21-25-47(3)53-29-30-54-52-28-27-48-40-51(31-33-64(48,4)55(52)32-34-65(53,54)5)80-63(79)68-37-23-39-74(9,10)45-59(75)66-35-19-17-15-13-11-12-14-16-18-20-36-67-60(76)57-41-49(43-72(57)7)70-62(78)58-42-50(44-73(58)8)69-61(77)56-26-22-38-71(56)6/h22,26-27,38,41-44,46-47,51-55H,11-21,23-25,28-37,39-40,45H2,1-10H3,(H4-,66,67,68,69,70,75,76,77,78,79)/p+1/t47-,51+,52+,53-,54+,55+,64+,65-/m1/s1. The van der Waals surface area contributed by atoms with Gasteiger partial charge in [-0.25, -0.2) is 4.79 Å². The zero-order chi connectivity index (χ0) is 57.6. The zero-order valence-electron chi connectivity index (χ0n) is 51.0. The minimum Gasteiger partial charge on any atom is -0.446 e. The average Bonchev–Trinajstić information content (AvgIpc) is 4.33. The number of fused-ring (bicyclic) bond motifs is 5. The minimum atomic E-state index is -0.352. The molecule has 15 heteroatoms. The van der Waals surface area contributed by atoms with Gasteiger partial charge in [-0.3, -0.25) is 19.2 Å². The maximum atomic E-state index is 13.1. The number of carbonyl (C=O) groups excluding carboxylic acids is 5. The smallest absolute Gasteiger partial charge is 0.407 e. The Hall–Kier alpha value is -5.31. The molecule has 0 spiro atoms. The van der Waals surface area contributed by atoms with Crippen molar-refractivity contribution in [2.45, 2.75) is 182 Å². The van der Waals surface area contributed by atoms with Crippen LogP contribution in [0.3, 0.4) is 0 Å². The number of anilines is 2. The molecule has 15 nitrogen and oxygen atoms in total. The van der Waals surface area contributed by atoms with Gasteiger partial charge in [0.15, 0.2) is 6.54 Å². The average molecular weight is 1110 g/mol. The Morgan fingerprint density at radius 2 is 1.26 bits per heavy atom. The molecule has 3 aromatic heterocycles. The molecule has 4 aliphatic rings. The summed E-state index contributed by atoms with van der Waals surface area (Å²) in [5.74, 6) is 4.21. The number of alkyl carbamates (subject to hydrolysis) is 1. The number of allylic oxidation sites excluding steroid dienone is 1. The Bertz CT molecular complexity index is 2570. The third-order valence-corrected chi connectivity index (χ3v) is 19.7. The summed E-state index contributed by atoms with van der Waals surface area (Å²) in [5, 5.41) is 14.9. The molecule has 7 rings (SSSR count). The van der Waals surface area contributed by atoms with E-state index in [1.165, 1.54) is 83.5 Å². The molecule has 0 bridgehead atoms. The second-order valence-corrected chi connectivity index (χ2v) is 26.7. The van der Waals surface area contributed by atoms with Gasteiger partial charge in [-0.2, -0.15) is 0 Å². The first-order valence-corrected chi connectivity index (χ1v) is 31.2. The fraction of sp³-hybridized carbons (Fsp3) is 0.708. The van der Waals surface area contributed by atoms with E-state index in [0.29, 0.717) is 64.5 Å². The van der Waals surface area contributed by atoms with Gasteiger partial charge in [0.2, 0.25) is 0 Å². The minimum absolute atomic E-state index is 0.0532. The second kappa shape index (κ2) is 28.6. The van der Waals surface area contributed by atoms with Crippen LogP contribution in [0.15, 0.2) is 54.5 Å². The van der Waals surface area contributed by atoms with E-state index in [1.54, 1.807) is 83.3 Å². The van der Waals surface area contributed by atoms with E-state index in [4.69, 9.17) is 4.74 Å². The molecular formula is C65H104N9O6+. The van der Waals surface area contributed by atoms with Gasteiger partial charge in [0.25, 0.3) is 23.6 Å². The van der Waals surface area contributed by atoms with Crippen LogP contribution in [0.2, 0.25) is 0 Å². The SMILES string of the molecule is CC(C)CCC[C@@H](C)[C@H]1CC[C@H]2[C@@H]3CC=C4C[C@@H](OC(=O)NCCC[N+](C)(C)CC(=O)NCCCCCCCCCCCCNC(=O)c5cc(NC(=O)c6cc(NC(=O)c7cccn7C)cn6C)cn5C)CC[C@]4(C)[C@H]3CC[C@]12C. The third-order valence-electron chi connectivity index (χ3n) is 19.7. The molecule has 5 N–H and O–H groups in total. The summed E-state index contributed by atoms with van der Waals surface area (Å²) in [6, 6.07) is 6.81. The van der Waals surface area contributed by atoms with Crippen LogP contribution in [0.4, 0.5) is 16.2 Å². The van der Waals surface area contributed by atoms with Crippen LogP contribution in [0.5, 0.6) is 0 Å². The Morgan fingerprint density at radius 1 is 0.662 bits per heavy atom. The van der Waals surface area contributed by atoms with Crippen molar-refractivity contribution in [3.05, 3.63) is 71.6 Å². The number of carbonyl (C=O) groups is 5. The predicted molar refractivity (Wildman–Crippen MR) is 321 cm³/mol. The van der Waals surface area contributed by atoms with Crippen molar-refractivity contribution in [2.24, 2.45) is 67.5 Å². The number of ether oxygens (including phenoxy) is 1. The largest absolute Gasteiger partial charge is 0.446 e. The summed E-state index contributed by atoms with van der Waals surface area (Å²) >= 11 is 0. The topological polar surface area (TPSA) is 170 Å². The second-order valence-electron chi connectivity index (χ2n) is 26.7. The summed E-state index contributed by atoms with van der Waals surface area (Å²) in [7, 11) is 9.48. The van der Waals surface area contributed by atoms with Crippen LogP contribution in [-0.2, 0) is 30.7 Å². The van der Waals surface area contributed by atoms with Crippen molar-refractivity contribution in [1.29, 1.82) is 0 Å². The first kappa shape index (κ1) is 62.3. The van der Waals surface area contributed by atoms with E-state index in [1.807, 2.05) is 0 Å². The molecule has 3 heterocycles. The quantitative estimate of drug-likeness (QED) is 0.0253. The first-order chi connectivity index (χ1) is 38.2. The highest BCUT2D eigenvalue weighted by molar-refractivity contribution is 6.07. The van der Waals surface area contributed by atoms with Crippen LogP contribution < -0.4 is 26.6 Å². The molecule has 4 aliphatic carbocycles. The Morgan fingerprint density at radius 3 is 1.89 bits per heavy atom. The monoisotopic (exact) mass is 1110 g/mol. The number of nitrogens with one attached hydrogen (secondary N) is 5. The van der Waals surface area contributed by atoms with Crippen LogP contribution in [-0.4, -0.2) is 101 Å². The van der Waals surface area contributed by atoms with Crippen molar-refractivity contribution in [2.75, 3.05) is 57.5 Å². The number of nitrogens with zero attached hydrogens (tertiary/aromatic N) is 4. The number of rotatable bonds is 30.